The van der Waals surface area contributed by atoms with Gasteiger partial charge in [-0.15, -0.1) is 0 Å². The minimum Gasteiger partial charge on any atom is -0.341 e. The molecule has 2 fully saturated rings. The van der Waals surface area contributed by atoms with Crippen molar-refractivity contribution in [3.05, 3.63) is 0 Å². The number of piperidine rings is 1. The molecule has 1 aliphatic heterocycles. The quantitative estimate of drug-likeness (QED) is 0.865. The molecule has 0 aromatic rings. The van der Waals surface area contributed by atoms with E-state index in [1.165, 1.54) is 38.5 Å². The van der Waals surface area contributed by atoms with Gasteiger partial charge in [0.25, 0.3) is 0 Å². The summed E-state index contributed by atoms with van der Waals surface area (Å²) in [6, 6.07) is 0.518. The Morgan fingerprint density at radius 3 is 2.52 bits per heavy atom. The molecular weight excluding hydrogens is 260 g/mol. The fourth-order valence-electron chi connectivity index (χ4n) is 4.16. The fraction of sp³-hybridized carbons (Fsp3) is 0.944. The molecule has 3 nitrogen and oxygen atoms in total. The maximum absolute atomic E-state index is 12.4. The molecule has 21 heavy (non-hydrogen) atoms. The smallest absolute Gasteiger partial charge is 0.236 e. The fourth-order valence-corrected chi connectivity index (χ4v) is 4.16. The monoisotopic (exact) mass is 294 g/mol. The Balaban J connectivity index is 1.84. The number of carbonyl (C=O) groups is 1. The molecule has 1 saturated carbocycles. The summed E-state index contributed by atoms with van der Waals surface area (Å²) in [7, 11) is 0. The molecule has 0 bridgehead atoms. The molecule has 1 heterocycles. The van der Waals surface area contributed by atoms with Crippen LogP contribution >= 0.6 is 0 Å². The SMILES string of the molecule is C[C@@H]1CCCN(C(=O)CN[C@H]2CCCC[C@@H]2C(C)(C)C)C1. The van der Waals surface area contributed by atoms with Gasteiger partial charge in [0.05, 0.1) is 6.54 Å². The first kappa shape index (κ1) is 16.8. The highest BCUT2D eigenvalue weighted by molar-refractivity contribution is 5.78. The summed E-state index contributed by atoms with van der Waals surface area (Å²) in [5, 5.41) is 3.60. The Bertz CT molecular complexity index is 348. The van der Waals surface area contributed by atoms with Crippen molar-refractivity contribution < 1.29 is 4.79 Å². The number of amides is 1. The predicted octanol–water partition coefficient (Wildman–Crippen LogP) is 3.44. The van der Waals surface area contributed by atoms with Crippen molar-refractivity contribution in [2.24, 2.45) is 17.3 Å². The summed E-state index contributed by atoms with van der Waals surface area (Å²) in [6.07, 6.45) is 7.62. The van der Waals surface area contributed by atoms with Gasteiger partial charge in [0.1, 0.15) is 0 Å². The summed E-state index contributed by atoms with van der Waals surface area (Å²) in [6.45, 7) is 11.7. The molecule has 122 valence electrons. The maximum atomic E-state index is 12.4. The summed E-state index contributed by atoms with van der Waals surface area (Å²) in [4.78, 5) is 14.5. The van der Waals surface area contributed by atoms with Gasteiger partial charge in [-0.05, 0) is 42.9 Å². The molecule has 1 saturated heterocycles. The topological polar surface area (TPSA) is 32.3 Å². The number of nitrogens with zero attached hydrogens (tertiary/aromatic N) is 1. The van der Waals surface area contributed by atoms with Gasteiger partial charge in [-0.25, -0.2) is 0 Å². The van der Waals surface area contributed by atoms with Crippen LogP contribution in [0, 0.1) is 17.3 Å². The molecule has 3 atom stereocenters. The van der Waals surface area contributed by atoms with E-state index in [0.717, 1.165) is 13.1 Å². The normalized spacial score (nSPS) is 31.2. The van der Waals surface area contributed by atoms with Crippen LogP contribution in [0.5, 0.6) is 0 Å². The molecule has 0 aromatic heterocycles. The van der Waals surface area contributed by atoms with Gasteiger partial charge < -0.3 is 10.2 Å². The van der Waals surface area contributed by atoms with Crippen LogP contribution in [0.1, 0.15) is 66.2 Å². The Hall–Kier alpha value is -0.570. The van der Waals surface area contributed by atoms with Crippen molar-refractivity contribution in [2.45, 2.75) is 72.3 Å². The zero-order valence-electron chi connectivity index (χ0n) is 14.5. The summed E-state index contributed by atoms with van der Waals surface area (Å²) in [5.74, 6) is 1.67. The number of hydrogen-bond donors (Lipinski definition) is 1. The highest BCUT2D eigenvalue weighted by Gasteiger charge is 2.34. The number of rotatable bonds is 3. The van der Waals surface area contributed by atoms with E-state index in [0.29, 0.717) is 35.7 Å². The average Bonchev–Trinajstić information content (AvgIpc) is 2.44. The van der Waals surface area contributed by atoms with Crippen molar-refractivity contribution in [3.8, 4) is 0 Å². The van der Waals surface area contributed by atoms with Gasteiger partial charge in [0, 0.05) is 19.1 Å². The lowest BCUT2D eigenvalue weighted by molar-refractivity contribution is -0.132. The molecule has 2 rings (SSSR count). The first-order valence-corrected chi connectivity index (χ1v) is 8.89. The first-order valence-electron chi connectivity index (χ1n) is 8.89. The summed E-state index contributed by atoms with van der Waals surface area (Å²) < 4.78 is 0. The van der Waals surface area contributed by atoms with Gasteiger partial charge >= 0.3 is 0 Å². The van der Waals surface area contributed by atoms with Gasteiger partial charge in [-0.2, -0.15) is 0 Å². The van der Waals surface area contributed by atoms with Crippen molar-refractivity contribution in [3.63, 3.8) is 0 Å². The van der Waals surface area contributed by atoms with Crippen LogP contribution in [0.3, 0.4) is 0 Å². The van der Waals surface area contributed by atoms with Crippen LogP contribution in [0.25, 0.3) is 0 Å². The van der Waals surface area contributed by atoms with E-state index in [9.17, 15) is 4.79 Å². The number of hydrogen-bond acceptors (Lipinski definition) is 2. The van der Waals surface area contributed by atoms with E-state index < -0.39 is 0 Å². The Labute approximate surface area is 130 Å². The van der Waals surface area contributed by atoms with Crippen LogP contribution < -0.4 is 5.32 Å². The third-order valence-corrected chi connectivity index (χ3v) is 5.40. The molecular formula is C18H34N2O. The number of likely N-dealkylation sites (tertiary alicyclic amines) is 1. The van der Waals surface area contributed by atoms with Gasteiger partial charge in [-0.1, -0.05) is 40.5 Å². The van der Waals surface area contributed by atoms with Gasteiger partial charge in [-0.3, -0.25) is 4.79 Å². The number of carbonyl (C=O) groups excluding carboxylic acids is 1. The zero-order chi connectivity index (χ0) is 15.5. The van der Waals surface area contributed by atoms with Crippen LogP contribution in [-0.2, 0) is 4.79 Å². The predicted molar refractivity (Wildman–Crippen MR) is 88.2 cm³/mol. The van der Waals surface area contributed by atoms with Crippen molar-refractivity contribution in [2.75, 3.05) is 19.6 Å². The molecule has 2 aliphatic rings. The molecule has 0 radical (unpaired) electrons. The maximum Gasteiger partial charge on any atom is 0.236 e. The first-order chi connectivity index (χ1) is 9.88. The van der Waals surface area contributed by atoms with Crippen LogP contribution in [0.2, 0.25) is 0 Å². The Morgan fingerprint density at radius 2 is 1.86 bits per heavy atom. The molecule has 1 amide bonds. The second-order valence-corrected chi connectivity index (χ2v) is 8.33. The van der Waals surface area contributed by atoms with Crippen LogP contribution in [0.4, 0.5) is 0 Å². The van der Waals surface area contributed by atoms with Crippen molar-refractivity contribution in [1.82, 2.24) is 10.2 Å². The van der Waals surface area contributed by atoms with E-state index in [1.807, 2.05) is 0 Å². The lowest BCUT2D eigenvalue weighted by atomic mass is 9.69. The van der Waals surface area contributed by atoms with Crippen molar-refractivity contribution in [1.29, 1.82) is 0 Å². The average molecular weight is 294 g/mol. The largest absolute Gasteiger partial charge is 0.341 e. The molecule has 1 aliphatic carbocycles. The Kier molecular flexibility index (Phi) is 5.70. The van der Waals surface area contributed by atoms with E-state index in [4.69, 9.17) is 0 Å². The highest BCUT2D eigenvalue weighted by Crippen LogP contribution is 2.37. The second-order valence-electron chi connectivity index (χ2n) is 8.33. The molecule has 0 aromatic carbocycles. The summed E-state index contributed by atoms with van der Waals surface area (Å²) >= 11 is 0. The van der Waals surface area contributed by atoms with E-state index in [-0.39, 0.29) is 0 Å². The molecule has 0 unspecified atom stereocenters. The number of nitrogens with one attached hydrogen (secondary N) is 1. The van der Waals surface area contributed by atoms with Crippen molar-refractivity contribution >= 4 is 5.91 Å². The molecule has 3 heteroatoms. The highest BCUT2D eigenvalue weighted by atomic mass is 16.2. The van der Waals surface area contributed by atoms with E-state index in [2.05, 4.69) is 37.9 Å². The molecule has 0 spiro atoms. The third kappa shape index (κ3) is 4.70. The lowest BCUT2D eigenvalue weighted by Gasteiger charge is -2.41. The van der Waals surface area contributed by atoms with E-state index >= 15 is 0 Å². The Morgan fingerprint density at radius 1 is 1.14 bits per heavy atom. The lowest BCUT2D eigenvalue weighted by Crippen LogP contribution is -2.49. The van der Waals surface area contributed by atoms with Crippen LogP contribution in [0.15, 0.2) is 0 Å². The molecule has 1 N–H and O–H groups in total. The van der Waals surface area contributed by atoms with Crippen LogP contribution in [-0.4, -0.2) is 36.5 Å². The minimum atomic E-state index is 0.305. The second kappa shape index (κ2) is 7.13. The van der Waals surface area contributed by atoms with E-state index in [1.54, 1.807) is 0 Å². The van der Waals surface area contributed by atoms with Gasteiger partial charge in [0.15, 0.2) is 0 Å². The standard InChI is InChI=1S/C18H34N2O/c1-14-8-7-11-20(13-14)17(21)12-19-16-10-6-5-9-15(16)18(2,3)4/h14-16,19H,5-13H2,1-4H3/t14-,15+,16+/m1/s1. The van der Waals surface area contributed by atoms with Gasteiger partial charge in [0.2, 0.25) is 5.91 Å². The summed E-state index contributed by atoms with van der Waals surface area (Å²) in [5.41, 5.74) is 0.334. The zero-order valence-corrected chi connectivity index (χ0v) is 14.5. The third-order valence-electron chi connectivity index (χ3n) is 5.40. The minimum absolute atomic E-state index is 0.305.